The number of fused-ring (bicyclic) bond motifs is 1. The Morgan fingerprint density at radius 2 is 2.00 bits per heavy atom. The minimum absolute atomic E-state index is 0. The third kappa shape index (κ3) is 5.82. The largest absolute Gasteiger partial charge is 0.490 e. The Kier molecular flexibility index (Phi) is 8.60. The van der Waals surface area contributed by atoms with E-state index in [2.05, 4.69) is 22.5 Å². The smallest absolute Gasteiger partial charge is 0.191 e. The molecular weight excluding hydrogens is 445 g/mol. The number of guanidine groups is 1. The first-order valence-corrected chi connectivity index (χ1v) is 8.79. The highest BCUT2D eigenvalue weighted by Crippen LogP contribution is 2.33. The van der Waals surface area contributed by atoms with Gasteiger partial charge < -0.3 is 24.5 Å². The Balaban J connectivity index is 0.00000243. The Bertz CT molecular complexity index is 689. The quantitative estimate of drug-likeness (QED) is 0.384. The fourth-order valence-electron chi connectivity index (χ4n) is 2.64. The van der Waals surface area contributed by atoms with Crippen molar-refractivity contribution in [2.24, 2.45) is 4.99 Å². The Hall–Kier alpha value is -1.90. The van der Waals surface area contributed by atoms with Gasteiger partial charge in [0.1, 0.15) is 5.76 Å². The molecule has 7 heteroatoms. The number of halogens is 1. The van der Waals surface area contributed by atoms with Gasteiger partial charge in [0.25, 0.3) is 0 Å². The van der Waals surface area contributed by atoms with Gasteiger partial charge in [-0.2, -0.15) is 0 Å². The molecule has 0 spiro atoms. The average molecular weight is 471 g/mol. The molecule has 142 valence electrons. The lowest BCUT2D eigenvalue weighted by molar-refractivity contribution is 0.296. The molecule has 0 saturated heterocycles. The predicted molar refractivity (Wildman–Crippen MR) is 113 cm³/mol. The summed E-state index contributed by atoms with van der Waals surface area (Å²) in [5.74, 6) is 3.36. The summed E-state index contributed by atoms with van der Waals surface area (Å²) in [6.07, 6.45) is 3.40. The number of furan rings is 1. The highest BCUT2D eigenvalue weighted by molar-refractivity contribution is 14.0. The van der Waals surface area contributed by atoms with Crippen LogP contribution in [0, 0.1) is 0 Å². The summed E-state index contributed by atoms with van der Waals surface area (Å²) >= 11 is 0. The number of hydrogen-bond acceptors (Lipinski definition) is 4. The van der Waals surface area contributed by atoms with Crippen molar-refractivity contribution < 1.29 is 13.9 Å². The lowest BCUT2D eigenvalue weighted by Gasteiger charge is -2.13. The van der Waals surface area contributed by atoms with E-state index in [0.717, 1.165) is 54.7 Å². The van der Waals surface area contributed by atoms with Crippen LogP contribution in [0.3, 0.4) is 0 Å². The zero-order valence-corrected chi connectivity index (χ0v) is 17.3. The molecule has 0 fully saturated rings. The van der Waals surface area contributed by atoms with Crippen LogP contribution in [0.1, 0.15) is 24.7 Å². The molecule has 1 aliphatic heterocycles. The number of nitrogens with zero attached hydrogens (tertiary/aromatic N) is 1. The van der Waals surface area contributed by atoms with Crippen LogP contribution in [0.25, 0.3) is 0 Å². The lowest BCUT2D eigenvalue weighted by Crippen LogP contribution is -2.38. The molecule has 1 aromatic heterocycles. The van der Waals surface area contributed by atoms with Gasteiger partial charge in [-0.3, -0.25) is 0 Å². The number of benzene rings is 1. The molecule has 1 aromatic carbocycles. The molecule has 0 saturated carbocycles. The van der Waals surface area contributed by atoms with Crippen molar-refractivity contribution in [1.29, 1.82) is 0 Å². The predicted octanol–water partition coefficient (Wildman–Crippen LogP) is 3.36. The highest BCUT2D eigenvalue weighted by atomic mass is 127. The number of nitrogens with one attached hydrogen (secondary N) is 2. The number of hydrogen-bond donors (Lipinski definition) is 2. The van der Waals surface area contributed by atoms with Crippen LogP contribution in [0.4, 0.5) is 0 Å². The fraction of sp³-hybridized carbons (Fsp3) is 0.421. The summed E-state index contributed by atoms with van der Waals surface area (Å²) in [6.45, 7) is 5.51. The van der Waals surface area contributed by atoms with Gasteiger partial charge in [-0.1, -0.05) is 12.1 Å². The number of ether oxygens (including phenoxy) is 2. The van der Waals surface area contributed by atoms with E-state index in [1.165, 1.54) is 0 Å². The summed E-state index contributed by atoms with van der Waals surface area (Å²) in [7, 11) is 0. The van der Waals surface area contributed by atoms with Crippen molar-refractivity contribution in [3.8, 4) is 11.5 Å². The summed E-state index contributed by atoms with van der Waals surface area (Å²) in [5, 5.41) is 6.59. The van der Waals surface area contributed by atoms with Crippen LogP contribution >= 0.6 is 24.0 Å². The Labute approximate surface area is 171 Å². The molecule has 3 rings (SSSR count). The first-order valence-electron chi connectivity index (χ1n) is 8.79. The van der Waals surface area contributed by atoms with Gasteiger partial charge in [0, 0.05) is 31.5 Å². The third-order valence-electron chi connectivity index (χ3n) is 3.85. The van der Waals surface area contributed by atoms with Gasteiger partial charge in [-0.15, -0.1) is 24.0 Å². The van der Waals surface area contributed by atoms with Gasteiger partial charge in [-0.25, -0.2) is 4.99 Å². The average Bonchev–Trinajstić information content (AvgIpc) is 3.02. The van der Waals surface area contributed by atoms with Crippen LogP contribution < -0.4 is 20.1 Å². The zero-order valence-electron chi connectivity index (χ0n) is 15.0. The van der Waals surface area contributed by atoms with Gasteiger partial charge in [0.05, 0.1) is 26.0 Å². The van der Waals surface area contributed by atoms with Crippen LogP contribution in [-0.2, 0) is 13.0 Å². The van der Waals surface area contributed by atoms with E-state index in [1.54, 1.807) is 6.26 Å². The molecule has 0 atom stereocenters. The van der Waals surface area contributed by atoms with Crippen LogP contribution in [0.5, 0.6) is 11.5 Å². The molecule has 2 N–H and O–H groups in total. The summed E-state index contributed by atoms with van der Waals surface area (Å²) in [6, 6.07) is 9.83. The summed E-state index contributed by atoms with van der Waals surface area (Å²) in [5.41, 5.74) is 1.03. The molecule has 2 aromatic rings. The minimum Gasteiger partial charge on any atom is -0.490 e. The van der Waals surface area contributed by atoms with Crippen molar-refractivity contribution in [2.45, 2.75) is 26.3 Å². The zero-order chi connectivity index (χ0) is 17.3. The Morgan fingerprint density at radius 1 is 1.12 bits per heavy atom. The van der Waals surface area contributed by atoms with E-state index < -0.39 is 0 Å². The summed E-state index contributed by atoms with van der Waals surface area (Å²) < 4.78 is 16.9. The molecule has 1 aliphatic rings. The SMILES string of the molecule is CCNC(=NCc1cccc2c1OCCCO2)NCCc1ccco1.I. The first-order chi connectivity index (χ1) is 12.4. The first kappa shape index (κ1) is 20.4. The third-order valence-corrected chi connectivity index (χ3v) is 3.85. The lowest BCUT2D eigenvalue weighted by atomic mass is 10.2. The molecular formula is C19H26IN3O3. The van der Waals surface area contributed by atoms with Crippen LogP contribution in [-0.4, -0.2) is 32.3 Å². The number of rotatable bonds is 6. The maximum Gasteiger partial charge on any atom is 0.191 e. The molecule has 0 radical (unpaired) electrons. The van der Waals surface area contributed by atoms with Gasteiger partial charge in [0.2, 0.25) is 0 Å². The van der Waals surface area contributed by atoms with Crippen LogP contribution in [0.2, 0.25) is 0 Å². The van der Waals surface area contributed by atoms with E-state index in [1.807, 2.05) is 30.3 Å². The van der Waals surface area contributed by atoms with E-state index in [-0.39, 0.29) is 24.0 Å². The van der Waals surface area contributed by atoms with Crippen molar-refractivity contribution in [3.05, 3.63) is 47.9 Å². The molecule has 0 unspecified atom stereocenters. The van der Waals surface area contributed by atoms with E-state index >= 15 is 0 Å². The van der Waals surface area contributed by atoms with Crippen molar-refractivity contribution >= 4 is 29.9 Å². The molecule has 6 nitrogen and oxygen atoms in total. The highest BCUT2D eigenvalue weighted by Gasteiger charge is 2.14. The van der Waals surface area contributed by atoms with Crippen molar-refractivity contribution in [2.75, 3.05) is 26.3 Å². The topological polar surface area (TPSA) is 68.0 Å². The molecule has 0 amide bonds. The van der Waals surface area contributed by atoms with E-state index in [0.29, 0.717) is 19.8 Å². The molecule has 0 bridgehead atoms. The number of para-hydroxylation sites is 1. The van der Waals surface area contributed by atoms with E-state index in [9.17, 15) is 0 Å². The van der Waals surface area contributed by atoms with Crippen LogP contribution in [0.15, 0.2) is 46.0 Å². The normalized spacial score (nSPS) is 13.5. The molecule has 26 heavy (non-hydrogen) atoms. The van der Waals surface area contributed by atoms with Crippen molar-refractivity contribution in [1.82, 2.24) is 10.6 Å². The second-order valence-electron chi connectivity index (χ2n) is 5.75. The number of aliphatic imine (C=N–C) groups is 1. The maximum absolute atomic E-state index is 5.85. The van der Waals surface area contributed by atoms with Gasteiger partial charge >= 0.3 is 0 Å². The van der Waals surface area contributed by atoms with Crippen molar-refractivity contribution in [3.63, 3.8) is 0 Å². The Morgan fingerprint density at radius 3 is 2.81 bits per heavy atom. The standard InChI is InChI=1S/C19H25N3O3.HI/c1-2-20-19(21-10-9-16-7-4-11-23-16)22-14-15-6-3-8-17-18(15)25-13-5-12-24-17;/h3-4,6-8,11H,2,5,9-10,12-14H2,1H3,(H2,20,21,22);1H. The van der Waals surface area contributed by atoms with E-state index in [4.69, 9.17) is 13.9 Å². The fourth-order valence-corrected chi connectivity index (χ4v) is 2.64. The maximum atomic E-state index is 5.85. The summed E-state index contributed by atoms with van der Waals surface area (Å²) in [4.78, 5) is 4.67. The minimum atomic E-state index is 0. The second-order valence-corrected chi connectivity index (χ2v) is 5.75. The monoisotopic (exact) mass is 471 g/mol. The molecule has 2 heterocycles. The van der Waals surface area contributed by atoms with Gasteiger partial charge in [-0.05, 0) is 25.1 Å². The molecule has 0 aliphatic carbocycles. The second kappa shape index (κ2) is 10.9. The van der Waals surface area contributed by atoms with Gasteiger partial charge in [0.15, 0.2) is 17.5 Å².